The fraction of sp³-hybridized carbons (Fsp3) is 0.625. The van der Waals surface area contributed by atoms with Gasteiger partial charge < -0.3 is 5.32 Å². The van der Waals surface area contributed by atoms with Crippen LogP contribution in [-0.2, 0) is 6.42 Å². The molecule has 18 heavy (non-hydrogen) atoms. The van der Waals surface area contributed by atoms with Gasteiger partial charge in [-0.1, -0.05) is 24.3 Å². The van der Waals surface area contributed by atoms with E-state index in [1.807, 2.05) is 0 Å². The predicted molar refractivity (Wildman–Crippen MR) is 78.0 cm³/mol. The third-order valence-electron chi connectivity index (χ3n) is 4.03. The quantitative estimate of drug-likeness (QED) is 0.882. The van der Waals surface area contributed by atoms with Crippen LogP contribution in [0.1, 0.15) is 31.9 Å². The molecule has 1 aliphatic rings. The van der Waals surface area contributed by atoms with E-state index >= 15 is 0 Å². The SMILES string of the molecule is Cc1ccccc1CCN1CC(C)(C)NCC1C. The topological polar surface area (TPSA) is 15.3 Å². The van der Waals surface area contributed by atoms with Crippen molar-refractivity contribution in [3.05, 3.63) is 35.4 Å². The van der Waals surface area contributed by atoms with E-state index in [0.29, 0.717) is 6.04 Å². The lowest BCUT2D eigenvalue weighted by Gasteiger charge is -2.43. The first kappa shape index (κ1) is 13.6. The van der Waals surface area contributed by atoms with Gasteiger partial charge in [-0.15, -0.1) is 0 Å². The second kappa shape index (κ2) is 5.41. The van der Waals surface area contributed by atoms with E-state index in [1.165, 1.54) is 11.1 Å². The van der Waals surface area contributed by atoms with Gasteiger partial charge in [0.15, 0.2) is 0 Å². The van der Waals surface area contributed by atoms with Crippen molar-refractivity contribution in [1.29, 1.82) is 0 Å². The average molecular weight is 246 g/mol. The predicted octanol–water partition coefficient (Wildman–Crippen LogP) is 2.61. The molecule has 1 aromatic rings. The Bertz CT molecular complexity index is 398. The average Bonchev–Trinajstić information content (AvgIpc) is 2.32. The Kier molecular flexibility index (Phi) is 4.08. The Morgan fingerprint density at radius 3 is 2.78 bits per heavy atom. The molecule has 0 saturated carbocycles. The lowest BCUT2D eigenvalue weighted by molar-refractivity contribution is 0.106. The lowest BCUT2D eigenvalue weighted by atomic mass is 9.98. The molecule has 2 nitrogen and oxygen atoms in total. The zero-order chi connectivity index (χ0) is 13.2. The number of nitrogens with one attached hydrogen (secondary N) is 1. The van der Waals surface area contributed by atoms with Gasteiger partial charge in [-0.25, -0.2) is 0 Å². The number of hydrogen-bond acceptors (Lipinski definition) is 2. The van der Waals surface area contributed by atoms with Gasteiger partial charge in [-0.3, -0.25) is 4.90 Å². The van der Waals surface area contributed by atoms with E-state index in [1.54, 1.807) is 0 Å². The van der Waals surface area contributed by atoms with E-state index in [0.717, 1.165) is 26.1 Å². The Balaban J connectivity index is 1.95. The molecule has 2 heteroatoms. The molecule has 1 atom stereocenters. The monoisotopic (exact) mass is 246 g/mol. The number of piperazine rings is 1. The standard InChI is InChI=1S/C16H26N2/c1-13-7-5-6-8-15(13)9-10-18-12-16(3,4)17-11-14(18)2/h5-8,14,17H,9-12H2,1-4H3. The minimum absolute atomic E-state index is 0.248. The third kappa shape index (κ3) is 3.33. The van der Waals surface area contributed by atoms with Crippen molar-refractivity contribution in [1.82, 2.24) is 10.2 Å². The molecule has 0 aromatic heterocycles. The molecule has 0 bridgehead atoms. The zero-order valence-corrected chi connectivity index (χ0v) is 12.2. The zero-order valence-electron chi connectivity index (χ0n) is 12.2. The molecule has 0 amide bonds. The normalized spacial score (nSPS) is 24.1. The van der Waals surface area contributed by atoms with Gasteiger partial charge in [-0.05, 0) is 45.2 Å². The first-order chi connectivity index (χ1) is 8.48. The number of rotatable bonds is 3. The van der Waals surface area contributed by atoms with E-state index in [4.69, 9.17) is 0 Å². The highest BCUT2D eigenvalue weighted by Crippen LogP contribution is 2.16. The van der Waals surface area contributed by atoms with Crippen LogP contribution in [0.5, 0.6) is 0 Å². The summed E-state index contributed by atoms with van der Waals surface area (Å²) in [6, 6.07) is 9.37. The van der Waals surface area contributed by atoms with Gasteiger partial charge in [0.05, 0.1) is 0 Å². The summed E-state index contributed by atoms with van der Waals surface area (Å²) in [7, 11) is 0. The second-order valence-corrected chi connectivity index (χ2v) is 6.26. The van der Waals surface area contributed by atoms with Crippen molar-refractivity contribution < 1.29 is 0 Å². The van der Waals surface area contributed by atoms with Crippen LogP contribution in [0.15, 0.2) is 24.3 Å². The van der Waals surface area contributed by atoms with Crippen LogP contribution in [-0.4, -0.2) is 36.1 Å². The molecule has 1 N–H and O–H groups in total. The molecule has 1 aliphatic heterocycles. The van der Waals surface area contributed by atoms with Crippen LogP contribution in [0.25, 0.3) is 0 Å². The summed E-state index contributed by atoms with van der Waals surface area (Å²) < 4.78 is 0. The van der Waals surface area contributed by atoms with Crippen molar-refractivity contribution in [2.24, 2.45) is 0 Å². The van der Waals surface area contributed by atoms with Crippen molar-refractivity contribution in [3.63, 3.8) is 0 Å². The van der Waals surface area contributed by atoms with Gasteiger partial charge in [0.25, 0.3) is 0 Å². The van der Waals surface area contributed by atoms with Crippen molar-refractivity contribution in [3.8, 4) is 0 Å². The summed E-state index contributed by atoms with van der Waals surface area (Å²) in [5, 5.41) is 3.61. The molecular formula is C16H26N2. The largest absolute Gasteiger partial charge is 0.309 e. The van der Waals surface area contributed by atoms with Crippen LogP contribution >= 0.6 is 0 Å². The summed E-state index contributed by atoms with van der Waals surface area (Å²) in [5.41, 5.74) is 3.15. The Labute approximate surface area is 111 Å². The molecule has 100 valence electrons. The summed E-state index contributed by atoms with van der Waals surface area (Å²) in [6.45, 7) is 12.5. The Hall–Kier alpha value is -0.860. The van der Waals surface area contributed by atoms with E-state index in [9.17, 15) is 0 Å². The summed E-state index contributed by atoms with van der Waals surface area (Å²) in [4.78, 5) is 2.61. The van der Waals surface area contributed by atoms with Crippen LogP contribution < -0.4 is 5.32 Å². The second-order valence-electron chi connectivity index (χ2n) is 6.26. The molecule has 0 spiro atoms. The van der Waals surface area contributed by atoms with E-state index in [2.05, 4.69) is 62.2 Å². The van der Waals surface area contributed by atoms with Crippen molar-refractivity contribution in [2.45, 2.75) is 45.7 Å². The number of nitrogens with zero attached hydrogens (tertiary/aromatic N) is 1. The fourth-order valence-electron chi connectivity index (χ4n) is 2.73. The molecule has 1 saturated heterocycles. The summed E-state index contributed by atoms with van der Waals surface area (Å²) in [6.07, 6.45) is 1.16. The summed E-state index contributed by atoms with van der Waals surface area (Å²) >= 11 is 0. The van der Waals surface area contributed by atoms with Crippen LogP contribution in [0.3, 0.4) is 0 Å². The maximum absolute atomic E-state index is 3.61. The molecular weight excluding hydrogens is 220 g/mol. The molecule has 1 unspecified atom stereocenters. The first-order valence-electron chi connectivity index (χ1n) is 7.01. The van der Waals surface area contributed by atoms with Gasteiger partial charge in [0, 0.05) is 31.2 Å². The summed E-state index contributed by atoms with van der Waals surface area (Å²) in [5.74, 6) is 0. The number of benzene rings is 1. The third-order valence-corrected chi connectivity index (χ3v) is 4.03. The minimum atomic E-state index is 0.248. The maximum atomic E-state index is 3.61. The van der Waals surface area contributed by atoms with E-state index < -0.39 is 0 Å². The van der Waals surface area contributed by atoms with Crippen LogP contribution in [0.2, 0.25) is 0 Å². The fourth-order valence-corrected chi connectivity index (χ4v) is 2.73. The smallest absolute Gasteiger partial charge is 0.0252 e. The van der Waals surface area contributed by atoms with Gasteiger partial charge in [0.2, 0.25) is 0 Å². The molecule has 1 heterocycles. The molecule has 1 fully saturated rings. The van der Waals surface area contributed by atoms with Gasteiger partial charge >= 0.3 is 0 Å². The van der Waals surface area contributed by atoms with Gasteiger partial charge in [0.1, 0.15) is 0 Å². The highest BCUT2D eigenvalue weighted by atomic mass is 15.2. The lowest BCUT2D eigenvalue weighted by Crippen LogP contribution is -2.60. The highest BCUT2D eigenvalue weighted by molar-refractivity contribution is 5.25. The van der Waals surface area contributed by atoms with Crippen LogP contribution in [0.4, 0.5) is 0 Å². The first-order valence-corrected chi connectivity index (χ1v) is 7.01. The van der Waals surface area contributed by atoms with Crippen LogP contribution in [0, 0.1) is 6.92 Å². The number of hydrogen-bond donors (Lipinski definition) is 1. The van der Waals surface area contributed by atoms with Crippen molar-refractivity contribution >= 4 is 0 Å². The van der Waals surface area contributed by atoms with Gasteiger partial charge in [-0.2, -0.15) is 0 Å². The maximum Gasteiger partial charge on any atom is 0.0252 e. The van der Waals surface area contributed by atoms with Crippen molar-refractivity contribution in [2.75, 3.05) is 19.6 Å². The molecule has 0 radical (unpaired) electrons. The number of aryl methyl sites for hydroxylation is 1. The van der Waals surface area contributed by atoms with E-state index in [-0.39, 0.29) is 5.54 Å². The minimum Gasteiger partial charge on any atom is -0.309 e. The Morgan fingerprint density at radius 1 is 1.33 bits per heavy atom. The molecule has 2 rings (SSSR count). The molecule has 1 aromatic carbocycles. The highest BCUT2D eigenvalue weighted by Gasteiger charge is 2.29. The molecule has 0 aliphatic carbocycles. The Morgan fingerprint density at radius 2 is 2.06 bits per heavy atom.